The minimum Gasteiger partial charge on any atom is -0.325 e. The number of hydrogen-bond acceptors (Lipinski definition) is 6. The number of aromatic nitrogens is 5. The molecule has 28 heavy (non-hydrogen) atoms. The van der Waals surface area contributed by atoms with E-state index in [2.05, 4.69) is 25.6 Å². The minimum atomic E-state index is -0.0763. The van der Waals surface area contributed by atoms with Gasteiger partial charge in [-0.1, -0.05) is 35.5 Å². The standard InChI is InChI=1S/C20H18N6OS/c1-13-6-7-15(14(2)11-13)22-18(27)12-28-19-9-8-17-23-24-20(26(17)25-19)16-5-3-4-10-21-16/h3-11H,12H2,1-2H3,(H,22,27). The lowest BCUT2D eigenvalue weighted by molar-refractivity contribution is -0.113. The minimum absolute atomic E-state index is 0.0763. The number of carbonyl (C=O) groups excluding carboxylic acids is 1. The molecule has 3 heterocycles. The number of aryl methyl sites for hydroxylation is 2. The number of pyridine rings is 1. The zero-order valence-corrected chi connectivity index (χ0v) is 16.3. The molecule has 0 aliphatic carbocycles. The maximum absolute atomic E-state index is 12.3. The summed E-state index contributed by atoms with van der Waals surface area (Å²) in [6.45, 7) is 4.01. The molecule has 0 fully saturated rings. The molecule has 140 valence electrons. The van der Waals surface area contributed by atoms with Crippen molar-refractivity contribution in [2.24, 2.45) is 0 Å². The molecule has 0 radical (unpaired) electrons. The van der Waals surface area contributed by atoms with Gasteiger partial charge in [0.1, 0.15) is 10.7 Å². The van der Waals surface area contributed by atoms with Crippen molar-refractivity contribution in [1.29, 1.82) is 0 Å². The third-order valence-corrected chi connectivity index (χ3v) is 5.06. The van der Waals surface area contributed by atoms with Crippen LogP contribution in [0.15, 0.2) is 59.8 Å². The van der Waals surface area contributed by atoms with Crippen molar-refractivity contribution in [3.05, 3.63) is 65.9 Å². The van der Waals surface area contributed by atoms with Crippen molar-refractivity contribution in [3.63, 3.8) is 0 Å². The Labute approximate surface area is 166 Å². The number of carbonyl (C=O) groups is 1. The SMILES string of the molecule is Cc1ccc(NC(=O)CSc2ccc3nnc(-c4ccccn4)n3n2)c(C)c1. The summed E-state index contributed by atoms with van der Waals surface area (Å²) >= 11 is 1.36. The molecular formula is C20H18N6OS. The Kier molecular flexibility index (Phi) is 5.03. The molecule has 4 rings (SSSR count). The quantitative estimate of drug-likeness (QED) is 0.525. The molecule has 0 spiro atoms. The van der Waals surface area contributed by atoms with Crippen LogP contribution in [-0.2, 0) is 4.79 Å². The summed E-state index contributed by atoms with van der Waals surface area (Å²) in [5.41, 5.74) is 4.36. The van der Waals surface area contributed by atoms with Gasteiger partial charge in [-0.05, 0) is 49.7 Å². The fourth-order valence-electron chi connectivity index (χ4n) is 2.78. The topological polar surface area (TPSA) is 85.1 Å². The van der Waals surface area contributed by atoms with Crippen LogP contribution in [0.25, 0.3) is 17.2 Å². The van der Waals surface area contributed by atoms with Crippen molar-refractivity contribution >= 4 is 29.0 Å². The summed E-state index contributed by atoms with van der Waals surface area (Å²) in [4.78, 5) is 16.6. The first kappa shape index (κ1) is 18.1. The molecule has 1 amide bonds. The number of anilines is 1. The fourth-order valence-corrected chi connectivity index (χ4v) is 3.44. The number of hydrogen-bond donors (Lipinski definition) is 1. The summed E-state index contributed by atoms with van der Waals surface area (Å²) in [5.74, 6) is 0.748. The summed E-state index contributed by atoms with van der Waals surface area (Å²) in [7, 11) is 0. The normalized spacial score (nSPS) is 10.9. The van der Waals surface area contributed by atoms with E-state index in [1.165, 1.54) is 17.3 Å². The largest absolute Gasteiger partial charge is 0.325 e. The molecule has 0 unspecified atom stereocenters. The van der Waals surface area contributed by atoms with Gasteiger partial charge in [0.2, 0.25) is 11.7 Å². The van der Waals surface area contributed by atoms with Gasteiger partial charge in [0.05, 0.1) is 5.75 Å². The molecule has 1 N–H and O–H groups in total. The smallest absolute Gasteiger partial charge is 0.234 e. The lowest BCUT2D eigenvalue weighted by Gasteiger charge is -2.09. The van der Waals surface area contributed by atoms with E-state index in [9.17, 15) is 4.79 Å². The predicted molar refractivity (Wildman–Crippen MR) is 109 cm³/mol. The highest BCUT2D eigenvalue weighted by molar-refractivity contribution is 7.99. The average molecular weight is 390 g/mol. The van der Waals surface area contributed by atoms with E-state index in [4.69, 9.17) is 0 Å². The second-order valence-electron chi connectivity index (χ2n) is 6.34. The molecular weight excluding hydrogens is 372 g/mol. The molecule has 4 aromatic rings. The zero-order chi connectivity index (χ0) is 19.5. The Balaban J connectivity index is 1.48. The van der Waals surface area contributed by atoms with Crippen LogP contribution in [0.5, 0.6) is 0 Å². The van der Waals surface area contributed by atoms with E-state index >= 15 is 0 Å². The maximum Gasteiger partial charge on any atom is 0.234 e. The van der Waals surface area contributed by atoms with E-state index < -0.39 is 0 Å². The fraction of sp³-hybridized carbons (Fsp3) is 0.150. The summed E-state index contributed by atoms with van der Waals surface area (Å²) in [6.07, 6.45) is 1.70. The van der Waals surface area contributed by atoms with Crippen LogP contribution < -0.4 is 5.32 Å². The number of benzene rings is 1. The van der Waals surface area contributed by atoms with Gasteiger partial charge in [-0.15, -0.1) is 10.2 Å². The number of fused-ring (bicyclic) bond motifs is 1. The van der Waals surface area contributed by atoms with Gasteiger partial charge in [-0.2, -0.15) is 9.61 Å². The Morgan fingerprint density at radius 1 is 1.11 bits per heavy atom. The second kappa shape index (κ2) is 7.77. The van der Waals surface area contributed by atoms with Gasteiger partial charge in [0, 0.05) is 11.9 Å². The van der Waals surface area contributed by atoms with Crippen molar-refractivity contribution in [1.82, 2.24) is 24.8 Å². The number of nitrogens with one attached hydrogen (secondary N) is 1. The molecule has 3 aromatic heterocycles. The highest BCUT2D eigenvalue weighted by Crippen LogP contribution is 2.20. The van der Waals surface area contributed by atoms with Gasteiger partial charge in [0.25, 0.3) is 0 Å². The molecule has 0 atom stereocenters. The molecule has 0 aliphatic rings. The lowest BCUT2D eigenvalue weighted by Crippen LogP contribution is -2.15. The average Bonchev–Trinajstić information content (AvgIpc) is 3.12. The first-order valence-corrected chi connectivity index (χ1v) is 9.72. The van der Waals surface area contributed by atoms with Gasteiger partial charge in [0.15, 0.2) is 5.65 Å². The zero-order valence-electron chi connectivity index (χ0n) is 15.5. The van der Waals surface area contributed by atoms with Gasteiger partial charge in [-0.25, -0.2) is 0 Å². The van der Waals surface area contributed by atoms with E-state index in [1.807, 2.05) is 62.4 Å². The van der Waals surface area contributed by atoms with E-state index in [0.717, 1.165) is 11.3 Å². The van der Waals surface area contributed by atoms with Gasteiger partial charge >= 0.3 is 0 Å². The van der Waals surface area contributed by atoms with E-state index in [1.54, 1.807) is 10.7 Å². The van der Waals surface area contributed by atoms with Crippen molar-refractivity contribution in [3.8, 4) is 11.5 Å². The Morgan fingerprint density at radius 3 is 2.79 bits per heavy atom. The lowest BCUT2D eigenvalue weighted by atomic mass is 10.1. The highest BCUT2D eigenvalue weighted by Gasteiger charge is 2.12. The Hall–Kier alpha value is -3.26. The number of rotatable bonds is 5. The van der Waals surface area contributed by atoms with Crippen LogP contribution in [0.3, 0.4) is 0 Å². The first-order valence-electron chi connectivity index (χ1n) is 8.74. The van der Waals surface area contributed by atoms with Crippen LogP contribution in [0.1, 0.15) is 11.1 Å². The summed E-state index contributed by atoms with van der Waals surface area (Å²) in [5, 5.41) is 16.5. The van der Waals surface area contributed by atoms with E-state index in [-0.39, 0.29) is 11.7 Å². The molecule has 1 aromatic carbocycles. The second-order valence-corrected chi connectivity index (χ2v) is 7.33. The molecule has 8 heteroatoms. The first-order chi connectivity index (χ1) is 13.6. The molecule has 0 aliphatic heterocycles. The Bertz CT molecular complexity index is 1140. The van der Waals surface area contributed by atoms with Crippen LogP contribution in [-0.4, -0.2) is 36.5 Å². The van der Waals surface area contributed by atoms with Crippen molar-refractivity contribution in [2.45, 2.75) is 18.9 Å². The van der Waals surface area contributed by atoms with Gasteiger partial charge < -0.3 is 5.32 Å². The van der Waals surface area contributed by atoms with Crippen LogP contribution in [0, 0.1) is 13.8 Å². The highest BCUT2D eigenvalue weighted by atomic mass is 32.2. The monoisotopic (exact) mass is 390 g/mol. The molecule has 0 saturated carbocycles. The number of amides is 1. The number of nitrogens with zero attached hydrogens (tertiary/aromatic N) is 5. The van der Waals surface area contributed by atoms with Crippen LogP contribution >= 0.6 is 11.8 Å². The number of thioether (sulfide) groups is 1. The van der Waals surface area contributed by atoms with Crippen LogP contribution in [0.2, 0.25) is 0 Å². The van der Waals surface area contributed by atoms with Crippen molar-refractivity contribution < 1.29 is 4.79 Å². The van der Waals surface area contributed by atoms with E-state index in [0.29, 0.717) is 22.2 Å². The molecule has 0 bridgehead atoms. The maximum atomic E-state index is 12.3. The summed E-state index contributed by atoms with van der Waals surface area (Å²) in [6, 6.07) is 15.2. The third-order valence-electron chi connectivity index (χ3n) is 4.14. The summed E-state index contributed by atoms with van der Waals surface area (Å²) < 4.78 is 1.65. The molecule has 0 saturated heterocycles. The Morgan fingerprint density at radius 2 is 2.00 bits per heavy atom. The molecule has 7 nitrogen and oxygen atoms in total. The van der Waals surface area contributed by atoms with Crippen molar-refractivity contribution in [2.75, 3.05) is 11.1 Å². The van der Waals surface area contributed by atoms with Gasteiger partial charge in [-0.3, -0.25) is 9.78 Å². The predicted octanol–water partition coefficient (Wildman–Crippen LogP) is 3.53. The third kappa shape index (κ3) is 3.86. The van der Waals surface area contributed by atoms with Crippen LogP contribution in [0.4, 0.5) is 5.69 Å².